The van der Waals surface area contributed by atoms with Crippen LogP contribution in [0.4, 0.5) is 0 Å². The summed E-state index contributed by atoms with van der Waals surface area (Å²) in [6.07, 6.45) is 32.5. The fourth-order valence-corrected chi connectivity index (χ4v) is 8.01. The molecule has 3 N–H and O–H groups in total. The van der Waals surface area contributed by atoms with Crippen molar-refractivity contribution in [1.29, 1.82) is 0 Å². The Morgan fingerprint density at radius 2 is 1.58 bits per heavy atom. The van der Waals surface area contributed by atoms with Crippen LogP contribution in [-0.2, 0) is 6.54 Å². The van der Waals surface area contributed by atoms with Gasteiger partial charge in [-0.1, -0.05) is 111 Å². The van der Waals surface area contributed by atoms with Gasteiger partial charge in [-0.15, -0.1) is 0 Å². The van der Waals surface area contributed by atoms with Crippen molar-refractivity contribution in [3.63, 3.8) is 0 Å². The van der Waals surface area contributed by atoms with Crippen molar-refractivity contribution in [2.45, 2.75) is 106 Å². The minimum absolute atomic E-state index is 0.101. The monoisotopic (exact) mass is 667 g/mol. The number of thioether (sulfide) groups is 1. The maximum absolute atomic E-state index is 9.68. The zero-order valence-corrected chi connectivity index (χ0v) is 32.2. The van der Waals surface area contributed by atoms with E-state index in [0.717, 1.165) is 29.1 Å². The average molecular weight is 668 g/mol. The molecule has 0 amide bonds. The lowest BCUT2D eigenvalue weighted by molar-refractivity contribution is -0.699. The Balaban J connectivity index is 1.73. The van der Waals surface area contributed by atoms with Crippen molar-refractivity contribution in [3.05, 3.63) is 123 Å². The van der Waals surface area contributed by atoms with Gasteiger partial charge in [-0.25, -0.2) is 0 Å². The third kappa shape index (κ3) is 11.9. The number of aromatic nitrogens is 1. The van der Waals surface area contributed by atoms with E-state index >= 15 is 0 Å². The smallest absolute Gasteiger partial charge is 0.206 e. The van der Waals surface area contributed by atoms with Crippen LogP contribution in [0.15, 0.2) is 112 Å². The molecule has 0 saturated heterocycles. The van der Waals surface area contributed by atoms with Gasteiger partial charge in [-0.2, -0.15) is 16.3 Å². The molecule has 260 valence electrons. The van der Waals surface area contributed by atoms with Crippen LogP contribution >= 0.6 is 11.8 Å². The largest absolute Gasteiger partial charge is 0.390 e. The lowest BCUT2D eigenvalue weighted by atomic mass is 9.72. The highest BCUT2D eigenvalue weighted by molar-refractivity contribution is 8.00. The lowest BCUT2D eigenvalue weighted by Crippen LogP contribution is -2.38. The fourth-order valence-electron chi connectivity index (χ4n) is 6.92. The third-order valence-corrected chi connectivity index (χ3v) is 11.3. The summed E-state index contributed by atoms with van der Waals surface area (Å²) < 4.78 is 2.10. The van der Waals surface area contributed by atoms with Gasteiger partial charge in [-0.05, 0) is 99.8 Å². The zero-order chi connectivity index (χ0) is 35.3. The van der Waals surface area contributed by atoms with E-state index in [1.807, 2.05) is 11.8 Å². The maximum Gasteiger partial charge on any atom is 0.206 e. The summed E-state index contributed by atoms with van der Waals surface area (Å²) in [5.74, 6) is 1.02. The Hall–Kier alpha value is -2.92. The Morgan fingerprint density at radius 3 is 2.25 bits per heavy atom. The van der Waals surface area contributed by atoms with Crippen LogP contribution < -0.4 is 10.3 Å². The van der Waals surface area contributed by atoms with E-state index in [9.17, 15) is 5.11 Å². The molecule has 48 heavy (non-hydrogen) atoms. The highest BCUT2D eigenvalue weighted by atomic mass is 32.2. The molecule has 1 aromatic rings. The van der Waals surface area contributed by atoms with Gasteiger partial charge in [0.05, 0.1) is 0 Å². The predicted molar refractivity (Wildman–Crippen MR) is 213 cm³/mol. The highest BCUT2D eigenvalue weighted by Gasteiger charge is 2.32. The van der Waals surface area contributed by atoms with Crippen LogP contribution in [0.3, 0.4) is 0 Å². The topological polar surface area (TPSA) is 50.1 Å². The quantitative estimate of drug-likeness (QED) is 0.153. The number of hydrogen-bond donors (Lipinski definition) is 2. The van der Waals surface area contributed by atoms with E-state index in [2.05, 4.69) is 152 Å². The molecule has 0 saturated carbocycles. The van der Waals surface area contributed by atoms with E-state index in [-0.39, 0.29) is 17.4 Å². The molecule has 0 aliphatic heterocycles. The number of pyridine rings is 1. The first-order valence-electron chi connectivity index (χ1n) is 17.9. The number of allylic oxidation sites excluding steroid dienone is 15. The summed E-state index contributed by atoms with van der Waals surface area (Å²) >= 11 is 2.00. The van der Waals surface area contributed by atoms with Gasteiger partial charge in [0, 0.05) is 35.8 Å². The van der Waals surface area contributed by atoms with Crippen molar-refractivity contribution in [1.82, 2.24) is 0 Å². The second kappa shape index (κ2) is 18.7. The van der Waals surface area contributed by atoms with Crippen LogP contribution in [0, 0.1) is 10.8 Å². The fraction of sp³-hybridized carbons (Fsp3) is 0.477. The Kier molecular flexibility index (Phi) is 15.4. The number of nitrogens with two attached hydrogens (primary N) is 1. The molecular formula is C44H63N2OS+. The molecule has 2 aliphatic carbocycles. The highest BCUT2D eigenvalue weighted by Crippen LogP contribution is 2.44. The summed E-state index contributed by atoms with van der Waals surface area (Å²) in [5.41, 5.74) is 18.0. The molecule has 0 radical (unpaired) electrons. The maximum atomic E-state index is 9.68. The lowest BCUT2D eigenvalue weighted by Gasteiger charge is -2.37. The van der Waals surface area contributed by atoms with Gasteiger partial charge in [-0.3, -0.25) is 0 Å². The molecule has 1 unspecified atom stereocenters. The zero-order valence-electron chi connectivity index (χ0n) is 31.4. The normalized spacial score (nSPS) is 21.2. The Morgan fingerprint density at radius 1 is 0.917 bits per heavy atom. The Bertz CT molecular complexity index is 1540. The summed E-state index contributed by atoms with van der Waals surface area (Å²) in [6, 6.07) is 4.29. The molecule has 3 nitrogen and oxygen atoms in total. The number of rotatable bonds is 14. The van der Waals surface area contributed by atoms with Crippen molar-refractivity contribution < 1.29 is 9.67 Å². The van der Waals surface area contributed by atoms with Crippen LogP contribution in [0.1, 0.15) is 106 Å². The molecular weight excluding hydrogens is 605 g/mol. The van der Waals surface area contributed by atoms with Gasteiger partial charge in [0.2, 0.25) is 5.69 Å². The van der Waals surface area contributed by atoms with Gasteiger partial charge in [0.25, 0.3) is 0 Å². The van der Waals surface area contributed by atoms with Gasteiger partial charge in [0.15, 0.2) is 12.7 Å². The average Bonchev–Trinajstić information content (AvgIpc) is 3.01. The minimum atomic E-state index is 0.101. The van der Waals surface area contributed by atoms with E-state index in [1.165, 1.54) is 65.5 Å². The van der Waals surface area contributed by atoms with E-state index in [4.69, 9.17) is 5.73 Å². The first kappa shape index (κ1) is 39.5. The summed E-state index contributed by atoms with van der Waals surface area (Å²) in [4.78, 5) is 0. The van der Waals surface area contributed by atoms with Crippen molar-refractivity contribution in [2.24, 2.45) is 16.6 Å². The molecule has 0 spiro atoms. The first-order valence-corrected chi connectivity index (χ1v) is 18.9. The number of nitrogens with zero attached hydrogens (tertiary/aromatic N) is 1. The van der Waals surface area contributed by atoms with Crippen molar-refractivity contribution in [2.75, 3.05) is 18.9 Å². The third-order valence-electron chi connectivity index (χ3n) is 9.85. The van der Waals surface area contributed by atoms with Gasteiger partial charge >= 0.3 is 0 Å². The van der Waals surface area contributed by atoms with Crippen LogP contribution in [-0.4, -0.2) is 29.3 Å². The molecule has 1 aromatic heterocycles. The second-order valence-corrected chi connectivity index (χ2v) is 16.3. The molecule has 0 fully saturated rings. The number of aliphatic hydroxyl groups excluding tert-OH is 1. The van der Waals surface area contributed by atoms with E-state index < -0.39 is 0 Å². The predicted octanol–water partition coefficient (Wildman–Crippen LogP) is 10.7. The standard InChI is InChI=1S/C44H63N2OS/c1-33(18-20-40-36(4)16-12-24-43(40,6)7)13-10-15-35(3)31-39-32-38(23-27-46(39)28-29-47)17-11-14-34(2)19-21-41-37(5)42(48-30-26-45)22-25-44(41,8)9/h10-11,13-15,17-21,23,27,31-32,42,47H,12,16,22,24-26,28-30,45H2,1-9H3/q+1/b15-10+,17-11+,20-18+,21-19+,33-13+,34-14+,35-31+. The molecule has 0 aromatic carbocycles. The van der Waals surface area contributed by atoms with E-state index in [1.54, 1.807) is 0 Å². The van der Waals surface area contributed by atoms with E-state index in [0.29, 0.717) is 11.8 Å². The van der Waals surface area contributed by atoms with Gasteiger partial charge < -0.3 is 10.8 Å². The van der Waals surface area contributed by atoms with Crippen LogP contribution in [0.25, 0.3) is 12.2 Å². The first-order chi connectivity index (χ1) is 22.8. The molecule has 2 aliphatic rings. The Labute approximate surface area is 297 Å². The van der Waals surface area contributed by atoms with Gasteiger partial charge in [0.1, 0.15) is 6.61 Å². The van der Waals surface area contributed by atoms with Crippen molar-refractivity contribution >= 4 is 23.9 Å². The number of hydrogen-bond acceptors (Lipinski definition) is 3. The van der Waals surface area contributed by atoms with Crippen LogP contribution in [0.2, 0.25) is 0 Å². The summed E-state index contributed by atoms with van der Waals surface area (Å²) in [7, 11) is 0. The summed E-state index contributed by atoms with van der Waals surface area (Å²) in [6.45, 7) is 21.9. The minimum Gasteiger partial charge on any atom is -0.390 e. The molecule has 1 heterocycles. The van der Waals surface area contributed by atoms with Crippen molar-refractivity contribution in [3.8, 4) is 0 Å². The number of aliphatic hydroxyl groups is 1. The molecule has 1 atom stereocenters. The van der Waals surface area contributed by atoms with Crippen LogP contribution in [0.5, 0.6) is 0 Å². The summed E-state index contributed by atoms with van der Waals surface area (Å²) in [5, 5.41) is 10.3. The molecule has 3 rings (SSSR count). The second-order valence-electron chi connectivity index (χ2n) is 15.0. The molecule has 4 heteroatoms. The molecule has 0 bridgehead atoms. The SMILES string of the molecule is CC1=C(/C=C/C(C)=C/C=C/C(C)=C/c2cc(/C=C/C=C(C)/C=C/C3=C(C)C(SCCN)CCC3(C)C)cc[n+]2CCO)C(C)(C)CCC1.